The maximum atomic E-state index is 14.5. The second-order valence-corrected chi connectivity index (χ2v) is 13.9. The van der Waals surface area contributed by atoms with Crippen LogP contribution in [0, 0.1) is 0 Å². The van der Waals surface area contributed by atoms with Crippen molar-refractivity contribution < 1.29 is 17.9 Å². The van der Waals surface area contributed by atoms with E-state index in [4.69, 9.17) is 15.5 Å². The van der Waals surface area contributed by atoms with Crippen LogP contribution < -0.4 is 14.9 Å². The zero-order valence-electron chi connectivity index (χ0n) is 28.3. The number of sulfonamides is 1. The molecule has 252 valence electrons. The minimum absolute atomic E-state index is 0.103. The number of nitrogens with two attached hydrogens (primary N) is 1. The monoisotopic (exact) mass is 669 g/mol. The molecule has 0 bridgehead atoms. The predicted molar refractivity (Wildman–Crippen MR) is 194 cm³/mol. The van der Waals surface area contributed by atoms with Gasteiger partial charge in [-0.2, -0.15) is 4.99 Å². The predicted octanol–water partition coefficient (Wildman–Crippen LogP) is 5.20. The lowest BCUT2D eigenvalue weighted by molar-refractivity contribution is 0.163. The third kappa shape index (κ3) is 7.29. The summed E-state index contributed by atoms with van der Waals surface area (Å²) in [5.74, 6) is 0.981. The molecule has 0 aliphatic carbocycles. The van der Waals surface area contributed by atoms with Crippen molar-refractivity contribution in [3.63, 3.8) is 0 Å². The number of hydrogen-bond acceptors (Lipinski definition) is 7. The quantitative estimate of drug-likeness (QED) is 0.142. The Morgan fingerprint density at radius 2 is 1.62 bits per heavy atom. The van der Waals surface area contributed by atoms with Gasteiger partial charge in [0.05, 0.1) is 28.2 Å². The lowest BCUT2D eigenvalue weighted by atomic mass is 10.1. The number of nitrogens with zero attached hydrogens (tertiary/aromatic N) is 6. The summed E-state index contributed by atoms with van der Waals surface area (Å²) >= 11 is 0. The van der Waals surface area contributed by atoms with Gasteiger partial charge in [0.25, 0.3) is 10.0 Å². The molecule has 0 fully saturated rings. The van der Waals surface area contributed by atoms with Crippen molar-refractivity contribution in [1.29, 1.82) is 0 Å². The van der Waals surface area contributed by atoms with Crippen molar-refractivity contribution in [2.75, 3.05) is 57.1 Å². The molecule has 0 aliphatic heterocycles. The van der Waals surface area contributed by atoms with E-state index in [0.717, 1.165) is 39.9 Å². The molecule has 0 aliphatic rings. The van der Waals surface area contributed by atoms with Crippen molar-refractivity contribution in [3.8, 4) is 0 Å². The van der Waals surface area contributed by atoms with Gasteiger partial charge in [0.1, 0.15) is 11.7 Å². The van der Waals surface area contributed by atoms with Crippen LogP contribution in [0.5, 0.6) is 0 Å². The number of hydrogen-bond donors (Lipinski definition) is 1. The fourth-order valence-corrected chi connectivity index (χ4v) is 7.37. The van der Waals surface area contributed by atoms with Crippen molar-refractivity contribution in [2.45, 2.75) is 24.7 Å². The summed E-state index contributed by atoms with van der Waals surface area (Å²) in [6.45, 7) is 2.75. The topological polar surface area (TPSA) is 126 Å². The average Bonchev–Trinajstić information content (AvgIpc) is 3.37. The number of fused-ring (bicyclic) bond motifs is 2. The summed E-state index contributed by atoms with van der Waals surface area (Å²) in [5.41, 5.74) is 10.8. The third-order valence-corrected chi connectivity index (χ3v) is 10.2. The summed E-state index contributed by atoms with van der Waals surface area (Å²) in [7, 11) is 5.79. The van der Waals surface area contributed by atoms with Gasteiger partial charge in [-0.25, -0.2) is 18.2 Å². The van der Waals surface area contributed by atoms with E-state index in [1.807, 2.05) is 116 Å². The van der Waals surface area contributed by atoms with Crippen molar-refractivity contribution in [3.05, 3.63) is 95.8 Å². The largest absolute Gasteiger partial charge is 0.448 e. The molecule has 12 heteroatoms. The highest BCUT2D eigenvalue weighted by molar-refractivity contribution is 7.93. The number of aromatic nitrogens is 2. The van der Waals surface area contributed by atoms with E-state index < -0.39 is 16.1 Å². The highest BCUT2D eigenvalue weighted by Gasteiger charge is 2.28. The molecule has 0 spiro atoms. The lowest BCUT2D eigenvalue weighted by Gasteiger charge is -2.27. The standard InChI is InChI=1S/C36H43N7O4S/c1-7-47-36(44)39-35(37)26-17-14-25(15-18-26)16-21-34-38-30-24-27(19-20-32(30)42(34)6)43(23-22-40(2)3)48(45,46)33-13-9-10-28-29(33)11-8-12-31(28)41(4)5/h8-15,17-20,24H,7,16,21-23H2,1-6H3,(H2,37,39,44). The Morgan fingerprint density at radius 1 is 0.917 bits per heavy atom. The smallest absolute Gasteiger partial charge is 0.435 e. The van der Waals surface area contributed by atoms with E-state index >= 15 is 0 Å². The number of aliphatic imine (C=N–C) groups is 1. The van der Waals surface area contributed by atoms with E-state index in [2.05, 4.69) is 4.99 Å². The van der Waals surface area contributed by atoms with E-state index in [1.54, 1.807) is 19.1 Å². The van der Waals surface area contributed by atoms with Gasteiger partial charge in [0, 0.05) is 62.7 Å². The number of amidine groups is 1. The summed E-state index contributed by atoms with van der Waals surface area (Å²) in [5, 5.41) is 1.56. The molecule has 0 saturated heterocycles. The average molecular weight is 670 g/mol. The number of carbonyl (C=O) groups is 1. The molecule has 0 unspecified atom stereocenters. The van der Waals surface area contributed by atoms with E-state index in [9.17, 15) is 13.2 Å². The minimum atomic E-state index is -3.95. The first-order valence-electron chi connectivity index (χ1n) is 15.8. The van der Waals surface area contributed by atoms with Gasteiger partial charge < -0.3 is 24.8 Å². The fraction of sp³-hybridized carbons (Fsp3) is 0.306. The molecule has 0 radical (unpaired) electrons. The Hall–Kier alpha value is -4.94. The van der Waals surface area contributed by atoms with Gasteiger partial charge in [0.15, 0.2) is 0 Å². The van der Waals surface area contributed by atoms with Crippen LogP contribution in [0.4, 0.5) is 16.2 Å². The number of benzene rings is 4. The minimum Gasteiger partial charge on any atom is -0.448 e. The molecule has 4 aromatic carbocycles. The lowest BCUT2D eigenvalue weighted by Crippen LogP contribution is -2.36. The summed E-state index contributed by atoms with van der Waals surface area (Å²) in [6.07, 6.45) is 0.673. The van der Waals surface area contributed by atoms with E-state index in [1.165, 1.54) is 4.31 Å². The number of rotatable bonds is 12. The third-order valence-electron chi connectivity index (χ3n) is 8.27. The molecule has 1 amide bonds. The number of imidazole rings is 1. The van der Waals surface area contributed by atoms with E-state index in [-0.39, 0.29) is 23.9 Å². The Balaban J connectivity index is 1.43. The number of ether oxygens (including phenoxy) is 1. The molecule has 1 heterocycles. The molecule has 0 atom stereocenters. The maximum absolute atomic E-state index is 14.5. The van der Waals surface area contributed by atoms with Gasteiger partial charge in [0.2, 0.25) is 0 Å². The Morgan fingerprint density at radius 3 is 2.31 bits per heavy atom. The van der Waals surface area contributed by atoms with Gasteiger partial charge in [-0.15, -0.1) is 0 Å². The normalized spacial score (nSPS) is 12.2. The molecular weight excluding hydrogens is 627 g/mol. The van der Waals surface area contributed by atoms with Gasteiger partial charge in [-0.1, -0.05) is 48.5 Å². The van der Waals surface area contributed by atoms with Crippen LogP contribution in [0.1, 0.15) is 23.9 Å². The number of aryl methyl sites for hydroxylation is 3. The van der Waals surface area contributed by atoms with Crippen molar-refractivity contribution >= 4 is 55.1 Å². The first kappa shape index (κ1) is 34.4. The number of likely N-dealkylation sites (N-methyl/N-ethyl adjacent to an activating group) is 1. The van der Waals surface area contributed by atoms with Crippen LogP contribution in [0.2, 0.25) is 0 Å². The molecular formula is C36H43N7O4S. The fourth-order valence-electron chi connectivity index (χ4n) is 5.71. The van der Waals surface area contributed by atoms with Crippen LogP contribution in [0.15, 0.2) is 88.8 Å². The van der Waals surface area contributed by atoms with Crippen LogP contribution >= 0.6 is 0 Å². The van der Waals surface area contributed by atoms with Crippen LogP contribution in [-0.2, 0) is 34.6 Å². The number of carbonyl (C=O) groups excluding carboxylic acids is 1. The second-order valence-electron chi connectivity index (χ2n) is 12.1. The summed E-state index contributed by atoms with van der Waals surface area (Å²) in [6, 6.07) is 24.4. The zero-order valence-corrected chi connectivity index (χ0v) is 29.2. The number of amides is 1. The molecule has 11 nitrogen and oxygen atoms in total. The maximum Gasteiger partial charge on any atom is 0.435 e. The SMILES string of the molecule is CCOC(=O)/N=C(\N)c1ccc(CCc2nc3cc(N(CCN(C)C)S(=O)(=O)c4cccc5c(N(C)C)cccc45)ccc3n2C)cc1. The van der Waals surface area contributed by atoms with Crippen molar-refractivity contribution in [2.24, 2.45) is 17.8 Å². The Labute approximate surface area is 282 Å². The van der Waals surface area contributed by atoms with Crippen LogP contribution in [-0.4, -0.2) is 82.7 Å². The molecule has 48 heavy (non-hydrogen) atoms. The highest BCUT2D eigenvalue weighted by atomic mass is 32.2. The Kier molecular flexibility index (Phi) is 10.4. The second kappa shape index (κ2) is 14.4. The molecule has 1 aromatic heterocycles. The Bertz CT molecular complexity index is 2070. The van der Waals surface area contributed by atoms with Crippen molar-refractivity contribution in [1.82, 2.24) is 14.5 Å². The van der Waals surface area contributed by atoms with Gasteiger partial charge >= 0.3 is 6.09 Å². The van der Waals surface area contributed by atoms with Crippen LogP contribution in [0.3, 0.4) is 0 Å². The van der Waals surface area contributed by atoms with Crippen LogP contribution in [0.25, 0.3) is 21.8 Å². The highest BCUT2D eigenvalue weighted by Crippen LogP contribution is 2.34. The summed E-state index contributed by atoms with van der Waals surface area (Å²) < 4.78 is 37.3. The molecule has 5 rings (SSSR count). The molecule has 2 N–H and O–H groups in total. The van der Waals surface area contributed by atoms with Gasteiger partial charge in [-0.3, -0.25) is 4.31 Å². The van der Waals surface area contributed by atoms with E-state index in [0.29, 0.717) is 29.6 Å². The molecule has 5 aromatic rings. The number of anilines is 2. The first-order chi connectivity index (χ1) is 22.9. The molecule has 0 saturated carbocycles. The first-order valence-corrected chi connectivity index (χ1v) is 17.3. The zero-order chi connectivity index (χ0) is 34.6. The summed E-state index contributed by atoms with van der Waals surface area (Å²) in [4.78, 5) is 24.6. The van der Waals surface area contributed by atoms with Gasteiger partial charge in [-0.05, 0) is 63.3 Å².